The molecule has 1 atom stereocenters. The summed E-state index contributed by atoms with van der Waals surface area (Å²) in [5, 5.41) is 2.65. The highest BCUT2D eigenvalue weighted by atomic mass is 19.1. The molecule has 5 nitrogen and oxygen atoms in total. The smallest absolute Gasteiger partial charge is 0.339 e. The molecule has 1 aromatic carbocycles. The Morgan fingerprint density at radius 1 is 1.35 bits per heavy atom. The predicted molar refractivity (Wildman–Crippen MR) is 73.5 cm³/mol. The van der Waals surface area contributed by atoms with E-state index >= 15 is 0 Å². The van der Waals surface area contributed by atoms with E-state index in [4.69, 9.17) is 10.5 Å². The molecule has 0 bridgehead atoms. The fourth-order valence-electron chi connectivity index (χ4n) is 1.38. The van der Waals surface area contributed by atoms with E-state index in [1.807, 2.05) is 13.8 Å². The normalized spacial score (nSPS) is 12.1. The first-order chi connectivity index (χ1) is 9.31. The second-order valence-electron chi connectivity index (χ2n) is 4.92. The second kappa shape index (κ2) is 6.88. The van der Waals surface area contributed by atoms with Crippen LogP contribution in [0, 0.1) is 11.7 Å². The van der Waals surface area contributed by atoms with Gasteiger partial charge in [0, 0.05) is 6.54 Å². The molecule has 0 heterocycles. The van der Waals surface area contributed by atoms with Crippen LogP contribution in [0.15, 0.2) is 18.2 Å². The quantitative estimate of drug-likeness (QED) is 0.636. The first kappa shape index (κ1) is 15.9. The number of esters is 1. The number of ether oxygens (including phenoxy) is 1. The van der Waals surface area contributed by atoms with Gasteiger partial charge in [-0.25, -0.2) is 9.18 Å². The van der Waals surface area contributed by atoms with Gasteiger partial charge in [0.25, 0.3) is 5.91 Å². The van der Waals surface area contributed by atoms with E-state index in [0.717, 1.165) is 6.07 Å². The summed E-state index contributed by atoms with van der Waals surface area (Å²) in [5.41, 5.74) is 5.28. The lowest BCUT2D eigenvalue weighted by molar-refractivity contribution is -0.129. The van der Waals surface area contributed by atoms with Gasteiger partial charge in [0.2, 0.25) is 0 Å². The van der Waals surface area contributed by atoms with Crippen molar-refractivity contribution in [3.8, 4) is 0 Å². The standard InChI is InChI=1S/C14H19FN2O3/c1-8(2)7-17-13(18)9(3)20-14(19)10-4-5-12(16)11(15)6-10/h4-6,8-9H,7,16H2,1-3H3,(H,17,18). The molecule has 0 aliphatic heterocycles. The first-order valence-electron chi connectivity index (χ1n) is 6.35. The minimum absolute atomic E-state index is 0.0141. The van der Waals surface area contributed by atoms with Gasteiger partial charge in [-0.1, -0.05) is 13.8 Å². The van der Waals surface area contributed by atoms with Crippen molar-refractivity contribution in [3.63, 3.8) is 0 Å². The van der Waals surface area contributed by atoms with Gasteiger partial charge >= 0.3 is 5.97 Å². The van der Waals surface area contributed by atoms with Crippen LogP contribution in [-0.2, 0) is 9.53 Å². The van der Waals surface area contributed by atoms with Crippen molar-refractivity contribution in [2.45, 2.75) is 26.9 Å². The van der Waals surface area contributed by atoms with Gasteiger partial charge in [-0.2, -0.15) is 0 Å². The summed E-state index contributed by atoms with van der Waals surface area (Å²) < 4.78 is 18.2. The third-order valence-electron chi connectivity index (χ3n) is 2.57. The zero-order valence-corrected chi connectivity index (χ0v) is 11.8. The highest BCUT2D eigenvalue weighted by Gasteiger charge is 2.19. The van der Waals surface area contributed by atoms with Gasteiger partial charge in [-0.05, 0) is 31.0 Å². The topological polar surface area (TPSA) is 81.4 Å². The number of halogens is 1. The Labute approximate surface area is 117 Å². The van der Waals surface area contributed by atoms with E-state index in [1.54, 1.807) is 0 Å². The van der Waals surface area contributed by atoms with Crippen LogP contribution in [0.25, 0.3) is 0 Å². The summed E-state index contributed by atoms with van der Waals surface area (Å²) in [5.74, 6) is -1.55. The van der Waals surface area contributed by atoms with E-state index in [0.29, 0.717) is 12.5 Å². The molecule has 1 amide bonds. The first-order valence-corrected chi connectivity index (χ1v) is 6.35. The average molecular weight is 282 g/mol. The maximum Gasteiger partial charge on any atom is 0.339 e. The molecule has 1 aromatic rings. The molecule has 3 N–H and O–H groups in total. The Morgan fingerprint density at radius 2 is 2.00 bits per heavy atom. The zero-order chi connectivity index (χ0) is 15.3. The molecule has 0 aromatic heterocycles. The number of benzene rings is 1. The number of amides is 1. The monoisotopic (exact) mass is 282 g/mol. The highest BCUT2D eigenvalue weighted by molar-refractivity contribution is 5.92. The Bertz CT molecular complexity index is 503. The SMILES string of the molecule is CC(C)CNC(=O)C(C)OC(=O)c1ccc(N)c(F)c1. The van der Waals surface area contributed by atoms with Crippen LogP contribution in [0.3, 0.4) is 0 Å². The van der Waals surface area contributed by atoms with Gasteiger partial charge in [0.15, 0.2) is 6.10 Å². The zero-order valence-electron chi connectivity index (χ0n) is 11.8. The molecular weight excluding hydrogens is 263 g/mol. The molecule has 20 heavy (non-hydrogen) atoms. The van der Waals surface area contributed by atoms with Crippen molar-refractivity contribution in [2.75, 3.05) is 12.3 Å². The van der Waals surface area contributed by atoms with E-state index in [9.17, 15) is 14.0 Å². The lowest BCUT2D eigenvalue weighted by Crippen LogP contribution is -2.37. The van der Waals surface area contributed by atoms with E-state index in [2.05, 4.69) is 5.32 Å². The van der Waals surface area contributed by atoms with Gasteiger partial charge in [-0.15, -0.1) is 0 Å². The molecule has 0 saturated heterocycles. The summed E-state index contributed by atoms with van der Waals surface area (Å²) in [7, 11) is 0. The van der Waals surface area contributed by atoms with Gasteiger partial charge in [-0.3, -0.25) is 4.79 Å². The molecule has 0 saturated carbocycles. The minimum atomic E-state index is -0.943. The lowest BCUT2D eigenvalue weighted by atomic mass is 10.2. The maximum absolute atomic E-state index is 13.2. The molecule has 6 heteroatoms. The van der Waals surface area contributed by atoms with E-state index < -0.39 is 17.9 Å². The fourth-order valence-corrected chi connectivity index (χ4v) is 1.38. The number of nitrogens with two attached hydrogens (primary N) is 1. The van der Waals surface area contributed by atoms with Crippen molar-refractivity contribution in [3.05, 3.63) is 29.6 Å². The van der Waals surface area contributed by atoms with Crippen LogP contribution in [0.2, 0.25) is 0 Å². The largest absolute Gasteiger partial charge is 0.449 e. The molecule has 1 unspecified atom stereocenters. The number of rotatable bonds is 5. The van der Waals surface area contributed by atoms with Crippen molar-refractivity contribution in [2.24, 2.45) is 5.92 Å². The van der Waals surface area contributed by atoms with Crippen molar-refractivity contribution < 1.29 is 18.7 Å². The predicted octanol–water partition coefficient (Wildman–Crippen LogP) is 1.73. The summed E-state index contributed by atoms with van der Waals surface area (Å²) in [4.78, 5) is 23.4. The number of carbonyl (C=O) groups is 2. The number of carbonyl (C=O) groups excluding carboxylic acids is 2. The fraction of sp³-hybridized carbons (Fsp3) is 0.429. The Morgan fingerprint density at radius 3 is 2.55 bits per heavy atom. The van der Waals surface area contributed by atoms with Gasteiger partial charge < -0.3 is 15.8 Å². The van der Waals surface area contributed by atoms with Crippen LogP contribution in [0.4, 0.5) is 10.1 Å². The Kier molecular flexibility index (Phi) is 5.49. The van der Waals surface area contributed by atoms with Crippen LogP contribution in [0.1, 0.15) is 31.1 Å². The summed E-state index contributed by atoms with van der Waals surface area (Å²) >= 11 is 0. The summed E-state index contributed by atoms with van der Waals surface area (Å²) in [6.45, 7) is 5.86. The minimum Gasteiger partial charge on any atom is -0.449 e. The van der Waals surface area contributed by atoms with Crippen LogP contribution >= 0.6 is 0 Å². The molecule has 0 radical (unpaired) electrons. The molecule has 0 spiro atoms. The molecule has 110 valence electrons. The van der Waals surface area contributed by atoms with Crippen LogP contribution in [-0.4, -0.2) is 24.5 Å². The average Bonchev–Trinajstić information content (AvgIpc) is 2.38. The number of anilines is 1. The van der Waals surface area contributed by atoms with E-state index in [1.165, 1.54) is 19.1 Å². The Balaban J connectivity index is 2.60. The van der Waals surface area contributed by atoms with Gasteiger partial charge in [0.1, 0.15) is 5.82 Å². The molecule has 0 fully saturated rings. The molecule has 0 aliphatic carbocycles. The lowest BCUT2D eigenvalue weighted by Gasteiger charge is -2.14. The van der Waals surface area contributed by atoms with Crippen LogP contribution < -0.4 is 11.1 Å². The number of nitrogens with one attached hydrogen (secondary N) is 1. The maximum atomic E-state index is 13.2. The van der Waals surface area contributed by atoms with Crippen molar-refractivity contribution >= 4 is 17.6 Å². The molecular formula is C14H19FN2O3. The van der Waals surface area contributed by atoms with Crippen molar-refractivity contribution in [1.29, 1.82) is 0 Å². The second-order valence-corrected chi connectivity index (χ2v) is 4.92. The summed E-state index contributed by atoms with van der Waals surface area (Å²) in [6, 6.07) is 3.60. The Hall–Kier alpha value is -2.11. The van der Waals surface area contributed by atoms with Crippen molar-refractivity contribution in [1.82, 2.24) is 5.32 Å². The van der Waals surface area contributed by atoms with Crippen LogP contribution in [0.5, 0.6) is 0 Å². The number of hydrogen-bond donors (Lipinski definition) is 2. The third kappa shape index (κ3) is 4.53. The third-order valence-corrected chi connectivity index (χ3v) is 2.57. The number of hydrogen-bond acceptors (Lipinski definition) is 4. The molecule has 0 aliphatic rings. The summed E-state index contributed by atoms with van der Waals surface area (Å²) in [6.07, 6.45) is -0.943. The highest BCUT2D eigenvalue weighted by Crippen LogP contribution is 2.13. The van der Waals surface area contributed by atoms with Gasteiger partial charge in [0.05, 0.1) is 11.3 Å². The molecule has 1 rings (SSSR count). The van der Waals surface area contributed by atoms with E-state index in [-0.39, 0.29) is 17.2 Å². The number of nitrogen functional groups attached to an aromatic ring is 1.